The van der Waals surface area contributed by atoms with E-state index in [9.17, 15) is 4.79 Å². The topological polar surface area (TPSA) is 81.3 Å². The molecule has 2 heterocycles. The third-order valence-corrected chi connectivity index (χ3v) is 4.36. The second-order valence-corrected chi connectivity index (χ2v) is 6.47. The number of hydrogen-bond acceptors (Lipinski definition) is 5. The van der Waals surface area contributed by atoms with Crippen molar-refractivity contribution < 1.29 is 9.53 Å². The lowest BCUT2D eigenvalue weighted by Gasteiger charge is -2.24. The highest BCUT2D eigenvalue weighted by atomic mass is 35.5. The van der Waals surface area contributed by atoms with Gasteiger partial charge < -0.3 is 15.4 Å². The number of ether oxygens (including phenoxy) is 1. The summed E-state index contributed by atoms with van der Waals surface area (Å²) in [5.41, 5.74) is 7.61. The molecule has 8 heteroatoms. The van der Waals surface area contributed by atoms with Crippen molar-refractivity contribution in [3.8, 4) is 5.75 Å². The van der Waals surface area contributed by atoms with Crippen molar-refractivity contribution in [2.24, 2.45) is 0 Å². The summed E-state index contributed by atoms with van der Waals surface area (Å²) in [5.74, 6) is 0.181. The Morgan fingerprint density at radius 3 is 2.67 bits per heavy atom. The molecule has 6 nitrogen and oxygen atoms in total. The number of aromatic nitrogens is 2. The standard InChI is InChI=1S/C19H16Cl2N4O2/c20-14-3-4-16(21)13(8-14)11-25(18-10-24-7-5-17(18)22)19(26)12-27-15-2-1-6-23-9-15/h1-10H,11-12H2,(H2,22,24). The van der Waals surface area contributed by atoms with Crippen LogP contribution < -0.4 is 15.4 Å². The van der Waals surface area contributed by atoms with Crippen LogP contribution in [-0.4, -0.2) is 22.5 Å². The summed E-state index contributed by atoms with van der Waals surface area (Å²) in [5, 5.41) is 1.01. The van der Waals surface area contributed by atoms with Gasteiger partial charge in [-0.05, 0) is 42.0 Å². The molecule has 27 heavy (non-hydrogen) atoms. The Kier molecular flexibility index (Phi) is 6.11. The van der Waals surface area contributed by atoms with Crippen LogP contribution in [0.15, 0.2) is 61.2 Å². The molecule has 0 aliphatic rings. The van der Waals surface area contributed by atoms with Gasteiger partial charge in [-0.2, -0.15) is 0 Å². The Balaban J connectivity index is 1.86. The van der Waals surface area contributed by atoms with Crippen molar-refractivity contribution in [1.29, 1.82) is 0 Å². The predicted octanol–water partition coefficient (Wildman–Crippen LogP) is 3.98. The summed E-state index contributed by atoms with van der Waals surface area (Å²) in [6, 6.07) is 10.1. The van der Waals surface area contributed by atoms with Crippen molar-refractivity contribution in [2.45, 2.75) is 6.54 Å². The first-order valence-electron chi connectivity index (χ1n) is 8.01. The number of halogens is 2. The Hall–Kier alpha value is -2.83. The van der Waals surface area contributed by atoms with Gasteiger partial charge in [-0.3, -0.25) is 14.8 Å². The number of anilines is 2. The van der Waals surface area contributed by atoms with Crippen molar-refractivity contribution in [3.05, 3.63) is 76.8 Å². The first kappa shape index (κ1) is 18.9. The highest BCUT2D eigenvalue weighted by molar-refractivity contribution is 6.33. The fraction of sp³-hybridized carbons (Fsp3) is 0.105. The number of nitrogens with two attached hydrogens (primary N) is 1. The third kappa shape index (κ3) is 4.87. The molecule has 0 fully saturated rings. The van der Waals surface area contributed by atoms with E-state index >= 15 is 0 Å². The van der Waals surface area contributed by atoms with E-state index in [-0.39, 0.29) is 19.1 Å². The maximum Gasteiger partial charge on any atom is 0.265 e. The average Bonchev–Trinajstić information content (AvgIpc) is 2.68. The van der Waals surface area contributed by atoms with Crippen molar-refractivity contribution >= 4 is 40.5 Å². The summed E-state index contributed by atoms with van der Waals surface area (Å²) in [7, 11) is 0. The van der Waals surface area contributed by atoms with Gasteiger partial charge in [-0.15, -0.1) is 0 Å². The summed E-state index contributed by atoms with van der Waals surface area (Å²) < 4.78 is 5.53. The summed E-state index contributed by atoms with van der Waals surface area (Å²) in [6.45, 7) is -0.0251. The maximum atomic E-state index is 12.9. The lowest BCUT2D eigenvalue weighted by atomic mass is 10.2. The molecule has 1 amide bonds. The molecule has 0 bridgehead atoms. The normalized spacial score (nSPS) is 10.4. The van der Waals surface area contributed by atoms with E-state index in [0.717, 1.165) is 0 Å². The number of amides is 1. The van der Waals surface area contributed by atoms with Crippen LogP contribution in [-0.2, 0) is 11.3 Å². The molecule has 2 aromatic heterocycles. The van der Waals surface area contributed by atoms with E-state index in [1.807, 2.05) is 0 Å². The monoisotopic (exact) mass is 402 g/mol. The zero-order valence-corrected chi connectivity index (χ0v) is 15.7. The van der Waals surface area contributed by atoms with Gasteiger partial charge in [-0.1, -0.05) is 23.2 Å². The minimum atomic E-state index is -0.311. The molecule has 3 rings (SSSR count). The van der Waals surface area contributed by atoms with Gasteiger partial charge in [0, 0.05) is 22.4 Å². The molecule has 0 radical (unpaired) electrons. The molecule has 3 aromatic rings. The zero-order valence-electron chi connectivity index (χ0n) is 14.2. The largest absolute Gasteiger partial charge is 0.482 e. The van der Waals surface area contributed by atoms with Gasteiger partial charge in [0.15, 0.2) is 6.61 Å². The van der Waals surface area contributed by atoms with Gasteiger partial charge in [0.25, 0.3) is 5.91 Å². The second kappa shape index (κ2) is 8.70. The van der Waals surface area contributed by atoms with Gasteiger partial charge in [0.05, 0.1) is 30.3 Å². The first-order chi connectivity index (χ1) is 13.0. The second-order valence-electron chi connectivity index (χ2n) is 5.63. The van der Waals surface area contributed by atoms with Gasteiger partial charge >= 0.3 is 0 Å². The quantitative estimate of drug-likeness (QED) is 0.674. The van der Waals surface area contributed by atoms with E-state index in [1.54, 1.807) is 48.8 Å². The number of nitrogens with zero attached hydrogens (tertiary/aromatic N) is 3. The average molecular weight is 403 g/mol. The number of pyridine rings is 2. The minimum Gasteiger partial charge on any atom is -0.482 e. The number of nitrogen functional groups attached to an aromatic ring is 1. The number of carbonyl (C=O) groups excluding carboxylic acids is 1. The number of hydrogen-bond donors (Lipinski definition) is 1. The SMILES string of the molecule is Nc1ccncc1N(Cc1cc(Cl)ccc1Cl)C(=O)COc1cccnc1. The Morgan fingerprint density at radius 1 is 1.11 bits per heavy atom. The highest BCUT2D eigenvalue weighted by Gasteiger charge is 2.21. The van der Waals surface area contributed by atoms with Crippen molar-refractivity contribution in [2.75, 3.05) is 17.2 Å². The molecule has 0 aliphatic carbocycles. The molecular formula is C19H16Cl2N4O2. The molecule has 0 spiro atoms. The third-order valence-electron chi connectivity index (χ3n) is 3.76. The molecule has 0 atom stereocenters. The van der Waals surface area contributed by atoms with Gasteiger partial charge in [-0.25, -0.2) is 0 Å². The van der Waals surface area contributed by atoms with E-state index < -0.39 is 0 Å². The minimum absolute atomic E-state index is 0.171. The van der Waals surface area contributed by atoms with Gasteiger partial charge in [0.2, 0.25) is 0 Å². The molecule has 0 aliphatic heterocycles. The van der Waals surface area contributed by atoms with Gasteiger partial charge in [0.1, 0.15) is 5.75 Å². The molecule has 2 N–H and O–H groups in total. The number of benzene rings is 1. The van der Waals surface area contributed by atoms with Crippen LogP contribution >= 0.6 is 23.2 Å². The molecule has 0 saturated heterocycles. The highest BCUT2D eigenvalue weighted by Crippen LogP contribution is 2.27. The number of carbonyl (C=O) groups is 1. The summed E-state index contributed by atoms with van der Waals surface area (Å²) in [6.07, 6.45) is 6.23. The molecule has 0 unspecified atom stereocenters. The van der Waals surface area contributed by atoms with E-state index in [4.69, 9.17) is 33.7 Å². The molecular weight excluding hydrogens is 387 g/mol. The fourth-order valence-electron chi connectivity index (χ4n) is 2.42. The fourth-order valence-corrected chi connectivity index (χ4v) is 2.79. The van der Waals surface area contributed by atoms with Crippen LogP contribution in [0.2, 0.25) is 10.0 Å². The summed E-state index contributed by atoms with van der Waals surface area (Å²) >= 11 is 12.3. The Morgan fingerprint density at radius 2 is 1.93 bits per heavy atom. The zero-order chi connectivity index (χ0) is 19.2. The van der Waals surface area contributed by atoms with Crippen LogP contribution in [0.5, 0.6) is 5.75 Å². The Labute approximate surface area is 166 Å². The van der Waals surface area contributed by atoms with E-state index in [1.165, 1.54) is 17.3 Å². The van der Waals surface area contributed by atoms with E-state index in [0.29, 0.717) is 32.7 Å². The van der Waals surface area contributed by atoms with Crippen LogP contribution in [0.1, 0.15) is 5.56 Å². The maximum absolute atomic E-state index is 12.9. The number of rotatable bonds is 6. The lowest BCUT2D eigenvalue weighted by Crippen LogP contribution is -2.35. The first-order valence-corrected chi connectivity index (χ1v) is 8.77. The van der Waals surface area contributed by atoms with Crippen LogP contribution in [0.4, 0.5) is 11.4 Å². The van der Waals surface area contributed by atoms with Crippen LogP contribution in [0, 0.1) is 0 Å². The molecule has 1 aromatic carbocycles. The molecule has 138 valence electrons. The lowest BCUT2D eigenvalue weighted by molar-refractivity contribution is -0.120. The summed E-state index contributed by atoms with van der Waals surface area (Å²) in [4.78, 5) is 22.4. The van der Waals surface area contributed by atoms with E-state index in [2.05, 4.69) is 9.97 Å². The van der Waals surface area contributed by atoms with Crippen LogP contribution in [0.3, 0.4) is 0 Å². The van der Waals surface area contributed by atoms with Crippen LogP contribution in [0.25, 0.3) is 0 Å². The Bertz CT molecular complexity index is 938. The predicted molar refractivity (Wildman–Crippen MR) is 106 cm³/mol. The van der Waals surface area contributed by atoms with Crippen molar-refractivity contribution in [1.82, 2.24) is 9.97 Å². The van der Waals surface area contributed by atoms with Crippen molar-refractivity contribution in [3.63, 3.8) is 0 Å². The molecule has 0 saturated carbocycles. The smallest absolute Gasteiger partial charge is 0.265 e.